The average Bonchev–Trinajstić information content (AvgIpc) is 2.65. The summed E-state index contributed by atoms with van der Waals surface area (Å²) in [5, 5.41) is 10.00. The van der Waals surface area contributed by atoms with Gasteiger partial charge in [0.05, 0.1) is 5.88 Å². The Hall–Kier alpha value is -0.930. The van der Waals surface area contributed by atoms with Gasteiger partial charge in [0.25, 0.3) is 0 Å². The van der Waals surface area contributed by atoms with Gasteiger partial charge in [0.1, 0.15) is 10.0 Å². The Morgan fingerprint density at radius 3 is 2.73 bits per heavy atom. The highest BCUT2D eigenvalue weighted by Crippen LogP contribution is 2.16. The van der Waals surface area contributed by atoms with Crippen molar-refractivity contribution in [1.29, 1.82) is 0 Å². The molecule has 1 aromatic carbocycles. The second kappa shape index (κ2) is 4.73. The van der Waals surface area contributed by atoms with Gasteiger partial charge in [-0.25, -0.2) is 0 Å². The van der Waals surface area contributed by atoms with Gasteiger partial charge in [-0.3, -0.25) is 0 Å². The molecule has 0 amide bonds. The highest BCUT2D eigenvalue weighted by Gasteiger charge is 2.03. The Morgan fingerprint density at radius 2 is 2.07 bits per heavy atom. The van der Waals surface area contributed by atoms with Crippen molar-refractivity contribution in [3.8, 4) is 0 Å². The first-order valence-electron chi connectivity index (χ1n) is 4.70. The molecule has 2 rings (SSSR count). The van der Waals surface area contributed by atoms with Crippen LogP contribution in [0.25, 0.3) is 0 Å². The van der Waals surface area contributed by atoms with E-state index in [1.54, 1.807) is 11.3 Å². The van der Waals surface area contributed by atoms with Gasteiger partial charge in [0, 0.05) is 6.42 Å². The third-order valence-electron chi connectivity index (χ3n) is 2.06. The van der Waals surface area contributed by atoms with E-state index in [1.807, 2.05) is 0 Å². The van der Waals surface area contributed by atoms with E-state index in [0.717, 1.165) is 16.4 Å². The standard InChI is InChI=1S/C11H11ClN2S/c1-8-3-2-4-9(5-8)6-10-13-14-11(7-12)15-10/h2-5H,6-7H2,1H3. The Morgan fingerprint density at radius 1 is 1.27 bits per heavy atom. The summed E-state index contributed by atoms with van der Waals surface area (Å²) in [4.78, 5) is 0. The Kier molecular flexibility index (Phi) is 3.34. The summed E-state index contributed by atoms with van der Waals surface area (Å²) in [5.41, 5.74) is 2.54. The average molecular weight is 239 g/mol. The van der Waals surface area contributed by atoms with Crippen molar-refractivity contribution < 1.29 is 0 Å². The van der Waals surface area contributed by atoms with Crippen molar-refractivity contribution in [2.75, 3.05) is 0 Å². The van der Waals surface area contributed by atoms with E-state index in [0.29, 0.717) is 5.88 Å². The van der Waals surface area contributed by atoms with E-state index in [2.05, 4.69) is 41.4 Å². The topological polar surface area (TPSA) is 25.8 Å². The lowest BCUT2D eigenvalue weighted by Crippen LogP contribution is -1.87. The van der Waals surface area contributed by atoms with Crippen LogP contribution in [0.2, 0.25) is 0 Å². The van der Waals surface area contributed by atoms with Crippen LogP contribution < -0.4 is 0 Å². The fraction of sp³-hybridized carbons (Fsp3) is 0.273. The third-order valence-corrected chi connectivity index (χ3v) is 3.40. The van der Waals surface area contributed by atoms with E-state index >= 15 is 0 Å². The molecule has 0 atom stereocenters. The number of aromatic nitrogens is 2. The minimum absolute atomic E-state index is 0.450. The van der Waals surface area contributed by atoms with Crippen LogP contribution in [0.15, 0.2) is 24.3 Å². The monoisotopic (exact) mass is 238 g/mol. The minimum Gasteiger partial charge on any atom is -0.143 e. The molecule has 0 N–H and O–H groups in total. The predicted octanol–water partition coefficient (Wildman–Crippen LogP) is 3.18. The largest absolute Gasteiger partial charge is 0.143 e. The van der Waals surface area contributed by atoms with E-state index in [9.17, 15) is 0 Å². The first kappa shape index (κ1) is 10.6. The predicted molar refractivity (Wildman–Crippen MR) is 63.5 cm³/mol. The summed E-state index contributed by atoms with van der Waals surface area (Å²) in [6.07, 6.45) is 0.843. The van der Waals surface area contributed by atoms with Gasteiger partial charge in [0.2, 0.25) is 0 Å². The molecule has 2 aromatic rings. The molecular weight excluding hydrogens is 228 g/mol. The van der Waals surface area contributed by atoms with Crippen LogP contribution in [-0.4, -0.2) is 10.2 Å². The summed E-state index contributed by atoms with van der Waals surface area (Å²) in [5.74, 6) is 0.450. The molecule has 0 aliphatic heterocycles. The van der Waals surface area contributed by atoms with E-state index in [4.69, 9.17) is 11.6 Å². The zero-order valence-electron chi connectivity index (χ0n) is 8.40. The van der Waals surface area contributed by atoms with Crippen LogP contribution in [0.4, 0.5) is 0 Å². The summed E-state index contributed by atoms with van der Waals surface area (Å²) in [6.45, 7) is 2.09. The van der Waals surface area contributed by atoms with Gasteiger partial charge in [-0.15, -0.1) is 21.8 Å². The zero-order valence-corrected chi connectivity index (χ0v) is 9.98. The molecule has 4 heteroatoms. The molecule has 78 valence electrons. The van der Waals surface area contributed by atoms with Crippen LogP contribution >= 0.6 is 22.9 Å². The van der Waals surface area contributed by atoms with Gasteiger partial charge in [-0.2, -0.15) is 0 Å². The summed E-state index contributed by atoms with van der Waals surface area (Å²) >= 11 is 7.26. The second-order valence-corrected chi connectivity index (χ2v) is 4.80. The lowest BCUT2D eigenvalue weighted by Gasteiger charge is -1.98. The van der Waals surface area contributed by atoms with Crippen LogP contribution in [0.5, 0.6) is 0 Å². The molecule has 2 nitrogen and oxygen atoms in total. The first-order valence-corrected chi connectivity index (χ1v) is 6.06. The fourth-order valence-electron chi connectivity index (χ4n) is 1.41. The molecule has 0 aliphatic rings. The van der Waals surface area contributed by atoms with Crippen molar-refractivity contribution in [1.82, 2.24) is 10.2 Å². The highest BCUT2D eigenvalue weighted by molar-refractivity contribution is 7.11. The number of hydrogen-bond donors (Lipinski definition) is 0. The maximum atomic E-state index is 5.68. The molecule has 15 heavy (non-hydrogen) atoms. The maximum absolute atomic E-state index is 5.68. The minimum atomic E-state index is 0.450. The number of halogens is 1. The summed E-state index contributed by atoms with van der Waals surface area (Å²) in [6, 6.07) is 8.43. The summed E-state index contributed by atoms with van der Waals surface area (Å²) < 4.78 is 0. The fourth-order valence-corrected chi connectivity index (χ4v) is 2.36. The van der Waals surface area contributed by atoms with Gasteiger partial charge < -0.3 is 0 Å². The third kappa shape index (κ3) is 2.76. The Labute approximate surface area is 97.9 Å². The lowest BCUT2D eigenvalue weighted by atomic mass is 10.1. The van der Waals surface area contributed by atoms with Gasteiger partial charge >= 0.3 is 0 Å². The van der Waals surface area contributed by atoms with E-state index in [-0.39, 0.29) is 0 Å². The first-order chi connectivity index (χ1) is 7.28. The van der Waals surface area contributed by atoms with Crippen LogP contribution in [0.3, 0.4) is 0 Å². The number of benzene rings is 1. The molecule has 0 unspecified atom stereocenters. The number of rotatable bonds is 3. The number of alkyl halides is 1. The van der Waals surface area contributed by atoms with Crippen molar-refractivity contribution in [2.45, 2.75) is 19.2 Å². The molecule has 0 radical (unpaired) electrons. The quantitative estimate of drug-likeness (QED) is 0.768. The summed E-state index contributed by atoms with van der Waals surface area (Å²) in [7, 11) is 0. The molecule has 0 aliphatic carbocycles. The van der Waals surface area contributed by atoms with Crippen LogP contribution in [0.1, 0.15) is 21.1 Å². The zero-order chi connectivity index (χ0) is 10.7. The van der Waals surface area contributed by atoms with Crippen LogP contribution in [0, 0.1) is 6.92 Å². The number of aryl methyl sites for hydroxylation is 1. The highest BCUT2D eigenvalue weighted by atomic mass is 35.5. The SMILES string of the molecule is Cc1cccc(Cc2nnc(CCl)s2)c1. The molecule has 0 fully saturated rings. The molecule has 1 heterocycles. The van der Waals surface area contributed by atoms with Gasteiger partial charge in [-0.05, 0) is 12.5 Å². The Balaban J connectivity index is 2.14. The van der Waals surface area contributed by atoms with Crippen LogP contribution in [-0.2, 0) is 12.3 Å². The number of hydrogen-bond acceptors (Lipinski definition) is 3. The van der Waals surface area contributed by atoms with Crippen molar-refractivity contribution in [3.63, 3.8) is 0 Å². The normalized spacial score (nSPS) is 10.5. The van der Waals surface area contributed by atoms with Crippen molar-refractivity contribution >= 4 is 22.9 Å². The van der Waals surface area contributed by atoms with Crippen molar-refractivity contribution in [2.24, 2.45) is 0 Å². The van der Waals surface area contributed by atoms with E-state index < -0.39 is 0 Å². The van der Waals surface area contributed by atoms with E-state index in [1.165, 1.54) is 11.1 Å². The molecule has 0 saturated carbocycles. The van der Waals surface area contributed by atoms with Gasteiger partial charge in [0.15, 0.2) is 0 Å². The molecule has 0 saturated heterocycles. The second-order valence-electron chi connectivity index (χ2n) is 3.39. The van der Waals surface area contributed by atoms with Crippen molar-refractivity contribution in [3.05, 3.63) is 45.4 Å². The molecular formula is C11H11ClN2S. The lowest BCUT2D eigenvalue weighted by molar-refractivity contribution is 0.975. The van der Waals surface area contributed by atoms with Gasteiger partial charge in [-0.1, -0.05) is 41.2 Å². The Bertz CT molecular complexity index is 453. The maximum Gasteiger partial charge on any atom is 0.132 e. The molecule has 1 aromatic heterocycles. The number of nitrogens with zero attached hydrogens (tertiary/aromatic N) is 2. The molecule has 0 bridgehead atoms. The molecule has 0 spiro atoms. The smallest absolute Gasteiger partial charge is 0.132 e.